The van der Waals surface area contributed by atoms with Crippen molar-refractivity contribution < 1.29 is 0 Å². The molecule has 2 saturated carbocycles. The standard InChI is InChI=1S/C13H27N3/c1-15(2)13(8-5-9-13)11-16(3)10-12(14)6-4-7-12/h4-11,14H2,1-3H3. The van der Waals surface area contributed by atoms with Gasteiger partial charge in [-0.05, 0) is 59.7 Å². The Balaban J connectivity index is 1.83. The maximum absolute atomic E-state index is 6.30. The van der Waals surface area contributed by atoms with Crippen LogP contribution in [-0.4, -0.2) is 55.1 Å². The second-order valence-corrected chi connectivity index (χ2v) is 6.36. The van der Waals surface area contributed by atoms with Crippen LogP contribution in [0.3, 0.4) is 0 Å². The molecule has 2 rings (SSSR count). The van der Waals surface area contributed by atoms with Gasteiger partial charge in [0.2, 0.25) is 0 Å². The number of hydrogen-bond donors (Lipinski definition) is 1. The van der Waals surface area contributed by atoms with E-state index in [0.29, 0.717) is 5.54 Å². The topological polar surface area (TPSA) is 32.5 Å². The van der Waals surface area contributed by atoms with Gasteiger partial charge in [-0.1, -0.05) is 0 Å². The fraction of sp³-hybridized carbons (Fsp3) is 1.00. The Morgan fingerprint density at radius 2 is 1.50 bits per heavy atom. The zero-order valence-electron chi connectivity index (χ0n) is 11.1. The molecule has 0 aromatic carbocycles. The monoisotopic (exact) mass is 225 g/mol. The summed E-state index contributed by atoms with van der Waals surface area (Å²) < 4.78 is 0. The van der Waals surface area contributed by atoms with Gasteiger partial charge < -0.3 is 15.5 Å². The second kappa shape index (κ2) is 4.28. The molecule has 3 heteroatoms. The van der Waals surface area contributed by atoms with Crippen LogP contribution in [0, 0.1) is 0 Å². The molecule has 0 heterocycles. The van der Waals surface area contributed by atoms with Gasteiger partial charge in [-0.25, -0.2) is 0 Å². The first-order valence-corrected chi connectivity index (χ1v) is 6.61. The van der Waals surface area contributed by atoms with Gasteiger partial charge in [-0.15, -0.1) is 0 Å². The molecule has 16 heavy (non-hydrogen) atoms. The largest absolute Gasteiger partial charge is 0.324 e. The zero-order valence-corrected chi connectivity index (χ0v) is 11.1. The average Bonchev–Trinajstić information content (AvgIpc) is 2.08. The minimum absolute atomic E-state index is 0.131. The maximum atomic E-state index is 6.30. The van der Waals surface area contributed by atoms with Crippen molar-refractivity contribution in [2.45, 2.75) is 49.6 Å². The first-order valence-electron chi connectivity index (χ1n) is 6.61. The van der Waals surface area contributed by atoms with Gasteiger partial charge in [0.15, 0.2) is 0 Å². The van der Waals surface area contributed by atoms with Crippen LogP contribution in [-0.2, 0) is 0 Å². The Labute approximate surface area is 100.0 Å². The average molecular weight is 225 g/mol. The molecular weight excluding hydrogens is 198 g/mol. The Hall–Kier alpha value is -0.120. The van der Waals surface area contributed by atoms with E-state index in [1.807, 2.05) is 0 Å². The highest BCUT2D eigenvalue weighted by molar-refractivity contribution is 5.00. The van der Waals surface area contributed by atoms with Gasteiger partial charge in [-0.2, -0.15) is 0 Å². The van der Waals surface area contributed by atoms with Gasteiger partial charge in [0.1, 0.15) is 0 Å². The van der Waals surface area contributed by atoms with E-state index in [4.69, 9.17) is 5.73 Å². The molecular formula is C13H27N3. The molecule has 2 N–H and O–H groups in total. The summed E-state index contributed by atoms with van der Waals surface area (Å²) in [5.41, 5.74) is 6.87. The summed E-state index contributed by atoms with van der Waals surface area (Å²) in [5.74, 6) is 0. The summed E-state index contributed by atoms with van der Waals surface area (Å²) in [4.78, 5) is 4.87. The van der Waals surface area contributed by atoms with Crippen LogP contribution in [0.5, 0.6) is 0 Å². The van der Waals surface area contributed by atoms with Gasteiger partial charge in [0, 0.05) is 24.2 Å². The van der Waals surface area contributed by atoms with Crippen LogP contribution >= 0.6 is 0 Å². The number of hydrogen-bond acceptors (Lipinski definition) is 3. The molecule has 0 spiro atoms. The van der Waals surface area contributed by atoms with Crippen LogP contribution in [0.2, 0.25) is 0 Å². The van der Waals surface area contributed by atoms with Crippen molar-refractivity contribution >= 4 is 0 Å². The molecule has 3 nitrogen and oxygen atoms in total. The Morgan fingerprint density at radius 3 is 1.81 bits per heavy atom. The van der Waals surface area contributed by atoms with Crippen molar-refractivity contribution in [3.05, 3.63) is 0 Å². The predicted molar refractivity (Wildman–Crippen MR) is 68.5 cm³/mol. The summed E-state index contributed by atoms with van der Waals surface area (Å²) >= 11 is 0. The van der Waals surface area contributed by atoms with Gasteiger partial charge >= 0.3 is 0 Å². The summed E-state index contributed by atoms with van der Waals surface area (Å²) in [6.45, 7) is 2.25. The van der Waals surface area contributed by atoms with Crippen LogP contribution in [0.15, 0.2) is 0 Å². The molecule has 0 radical (unpaired) electrons. The van der Waals surface area contributed by atoms with Crippen molar-refractivity contribution in [2.24, 2.45) is 5.73 Å². The van der Waals surface area contributed by atoms with Crippen molar-refractivity contribution in [3.63, 3.8) is 0 Å². The minimum Gasteiger partial charge on any atom is -0.324 e. The molecule has 0 unspecified atom stereocenters. The van der Waals surface area contributed by atoms with Gasteiger partial charge in [0.05, 0.1) is 0 Å². The van der Waals surface area contributed by atoms with E-state index in [1.54, 1.807) is 0 Å². The Bertz CT molecular complexity index is 242. The first-order chi connectivity index (χ1) is 7.46. The summed E-state index contributed by atoms with van der Waals surface area (Å²) in [5, 5.41) is 0. The fourth-order valence-electron chi connectivity index (χ4n) is 3.22. The van der Waals surface area contributed by atoms with Crippen LogP contribution in [0.1, 0.15) is 38.5 Å². The number of nitrogens with zero attached hydrogens (tertiary/aromatic N) is 2. The lowest BCUT2D eigenvalue weighted by Gasteiger charge is -2.51. The lowest BCUT2D eigenvalue weighted by molar-refractivity contribution is 0.0171. The molecule has 0 aromatic heterocycles. The third-order valence-corrected chi connectivity index (χ3v) is 4.73. The number of likely N-dealkylation sites (N-methyl/N-ethyl adjacent to an activating group) is 2. The molecule has 2 fully saturated rings. The lowest BCUT2D eigenvalue weighted by Crippen LogP contribution is -2.60. The molecule has 0 aliphatic heterocycles. The Morgan fingerprint density at radius 1 is 0.938 bits per heavy atom. The third-order valence-electron chi connectivity index (χ3n) is 4.73. The molecule has 0 bridgehead atoms. The van der Waals surface area contributed by atoms with Crippen molar-refractivity contribution in [2.75, 3.05) is 34.2 Å². The van der Waals surface area contributed by atoms with E-state index in [0.717, 1.165) is 6.54 Å². The molecule has 0 amide bonds. The predicted octanol–water partition coefficient (Wildman–Crippen LogP) is 1.28. The van der Waals surface area contributed by atoms with E-state index in [1.165, 1.54) is 45.1 Å². The molecule has 2 aliphatic carbocycles. The normalized spacial score (nSPS) is 26.6. The van der Waals surface area contributed by atoms with Crippen LogP contribution < -0.4 is 5.73 Å². The van der Waals surface area contributed by atoms with Crippen molar-refractivity contribution in [1.29, 1.82) is 0 Å². The fourth-order valence-corrected chi connectivity index (χ4v) is 3.22. The Kier molecular flexibility index (Phi) is 3.30. The summed E-state index contributed by atoms with van der Waals surface area (Å²) in [6.07, 6.45) is 7.84. The lowest BCUT2D eigenvalue weighted by atomic mass is 9.74. The van der Waals surface area contributed by atoms with E-state index in [2.05, 4.69) is 30.9 Å². The molecule has 94 valence electrons. The van der Waals surface area contributed by atoms with E-state index < -0.39 is 0 Å². The summed E-state index contributed by atoms with van der Waals surface area (Å²) in [7, 11) is 6.67. The van der Waals surface area contributed by atoms with E-state index >= 15 is 0 Å². The highest BCUT2D eigenvalue weighted by Gasteiger charge is 2.41. The summed E-state index contributed by atoms with van der Waals surface area (Å²) in [6, 6.07) is 0. The highest BCUT2D eigenvalue weighted by Crippen LogP contribution is 2.37. The molecule has 0 saturated heterocycles. The molecule has 0 aromatic rings. The maximum Gasteiger partial charge on any atom is 0.0330 e. The minimum atomic E-state index is 0.131. The zero-order chi connectivity index (χ0) is 11.8. The van der Waals surface area contributed by atoms with Crippen LogP contribution in [0.25, 0.3) is 0 Å². The highest BCUT2D eigenvalue weighted by atomic mass is 15.2. The van der Waals surface area contributed by atoms with Crippen LogP contribution in [0.4, 0.5) is 0 Å². The number of rotatable bonds is 5. The van der Waals surface area contributed by atoms with E-state index in [9.17, 15) is 0 Å². The van der Waals surface area contributed by atoms with E-state index in [-0.39, 0.29) is 5.54 Å². The smallest absolute Gasteiger partial charge is 0.0330 e. The number of nitrogens with two attached hydrogens (primary N) is 1. The van der Waals surface area contributed by atoms with Gasteiger partial charge in [0.25, 0.3) is 0 Å². The second-order valence-electron chi connectivity index (χ2n) is 6.36. The SMILES string of the molecule is CN(CC1(N)CCC1)CC1(N(C)C)CCC1. The quantitative estimate of drug-likeness (QED) is 0.765. The van der Waals surface area contributed by atoms with Gasteiger partial charge in [-0.3, -0.25) is 0 Å². The van der Waals surface area contributed by atoms with Crippen molar-refractivity contribution in [1.82, 2.24) is 9.80 Å². The molecule has 0 atom stereocenters. The van der Waals surface area contributed by atoms with Crippen molar-refractivity contribution in [3.8, 4) is 0 Å². The molecule has 2 aliphatic rings. The first kappa shape index (κ1) is 12.3. The third kappa shape index (κ3) is 2.27.